The van der Waals surface area contributed by atoms with Gasteiger partial charge in [0, 0.05) is 63.7 Å². The number of benzene rings is 1. The molecule has 2 unspecified atom stereocenters. The molecule has 2 atom stereocenters. The first-order chi connectivity index (χ1) is 20.3. The lowest BCUT2D eigenvalue weighted by Gasteiger charge is -2.18. The molecule has 42 heavy (non-hydrogen) atoms. The van der Waals surface area contributed by atoms with Gasteiger partial charge in [0.05, 0.1) is 29.4 Å². The van der Waals surface area contributed by atoms with Gasteiger partial charge in [0.2, 0.25) is 5.88 Å². The second kappa shape index (κ2) is 11.9. The van der Waals surface area contributed by atoms with Crippen LogP contribution in [0, 0.1) is 17.8 Å². The van der Waals surface area contributed by atoms with Crippen molar-refractivity contribution in [2.24, 2.45) is 17.8 Å². The maximum absolute atomic E-state index is 12.0. The molecule has 1 aliphatic carbocycles. The van der Waals surface area contributed by atoms with Crippen LogP contribution in [0.15, 0.2) is 60.9 Å². The van der Waals surface area contributed by atoms with Crippen molar-refractivity contribution in [3.05, 3.63) is 66.6 Å². The van der Waals surface area contributed by atoms with E-state index in [0.29, 0.717) is 36.8 Å². The monoisotopic (exact) mass is 585 g/mol. The van der Waals surface area contributed by atoms with E-state index in [0.717, 1.165) is 60.1 Å². The number of fused-ring (bicyclic) bond motifs is 2. The summed E-state index contributed by atoms with van der Waals surface area (Å²) >= 11 is 0. The average molecular weight is 586 g/mol. The molecular formula is C32H39N5O4Si. The summed E-state index contributed by atoms with van der Waals surface area (Å²) in [7, 11) is -1.12. The summed E-state index contributed by atoms with van der Waals surface area (Å²) in [4.78, 5) is 23.8. The molecule has 0 spiro atoms. The molecule has 10 heteroatoms. The molecule has 1 saturated carbocycles. The molecule has 220 valence electrons. The van der Waals surface area contributed by atoms with Gasteiger partial charge in [-0.1, -0.05) is 25.7 Å². The standard InChI is InChI=1S/C32H39N5O4Si/c1-5-40-32(38)31-26-19-36(20-27(26)31)18-24-8-6-22-16-25(9-10-28(22)35-24)41-30-11-7-23(17-33-30)29-12-13-34-37(29)21-39-14-15-42(2,3)4/h6-13,16-17,26-27,31H,5,14-15,18-21H2,1-4H3. The number of rotatable bonds is 12. The maximum Gasteiger partial charge on any atom is 0.309 e. The van der Waals surface area contributed by atoms with Crippen LogP contribution in [-0.2, 0) is 27.5 Å². The molecule has 1 saturated heterocycles. The van der Waals surface area contributed by atoms with Gasteiger partial charge >= 0.3 is 5.97 Å². The number of esters is 1. The number of ether oxygens (including phenoxy) is 3. The fourth-order valence-electron chi connectivity index (χ4n) is 5.78. The Morgan fingerprint density at radius 3 is 2.62 bits per heavy atom. The lowest BCUT2D eigenvalue weighted by Crippen LogP contribution is -2.26. The molecule has 0 radical (unpaired) electrons. The Bertz CT molecular complexity index is 1540. The van der Waals surface area contributed by atoms with Crippen LogP contribution < -0.4 is 4.74 Å². The minimum atomic E-state index is -1.12. The van der Waals surface area contributed by atoms with Crippen LogP contribution in [0.3, 0.4) is 0 Å². The van der Waals surface area contributed by atoms with Crippen molar-refractivity contribution in [2.75, 3.05) is 26.3 Å². The normalized spacial score (nSPS) is 20.0. The largest absolute Gasteiger partial charge is 0.466 e. The second-order valence-electron chi connectivity index (χ2n) is 12.5. The number of piperidine rings is 1. The number of pyridine rings is 2. The number of hydrogen-bond acceptors (Lipinski definition) is 8. The first kappa shape index (κ1) is 28.5. The third-order valence-electron chi connectivity index (χ3n) is 8.11. The van der Waals surface area contributed by atoms with E-state index in [4.69, 9.17) is 19.2 Å². The quantitative estimate of drug-likeness (QED) is 0.116. The van der Waals surface area contributed by atoms with E-state index in [9.17, 15) is 4.79 Å². The molecule has 0 bridgehead atoms. The van der Waals surface area contributed by atoms with Crippen molar-refractivity contribution in [3.63, 3.8) is 0 Å². The van der Waals surface area contributed by atoms with Gasteiger partial charge in [-0.3, -0.25) is 14.7 Å². The number of aromatic nitrogens is 4. The lowest BCUT2D eigenvalue weighted by atomic mass is 10.2. The van der Waals surface area contributed by atoms with Crippen molar-refractivity contribution in [2.45, 2.75) is 45.9 Å². The molecule has 0 N–H and O–H groups in total. The van der Waals surface area contributed by atoms with E-state index in [1.807, 2.05) is 48.0 Å². The SMILES string of the molecule is CCOC(=O)C1C2CN(Cc3ccc4cc(Oc5ccc(-c6ccnn6COCC[Si](C)(C)C)cn5)ccc4n3)CC21. The fraction of sp³-hybridized carbons (Fsp3) is 0.438. The van der Waals surface area contributed by atoms with Crippen LogP contribution >= 0.6 is 0 Å². The summed E-state index contributed by atoms with van der Waals surface area (Å²) < 4.78 is 19.0. The Balaban J connectivity index is 1.03. The van der Waals surface area contributed by atoms with Crippen LogP contribution in [0.2, 0.25) is 25.7 Å². The predicted octanol–water partition coefficient (Wildman–Crippen LogP) is 5.84. The zero-order valence-corrected chi connectivity index (χ0v) is 25.8. The van der Waals surface area contributed by atoms with Gasteiger partial charge in [0.15, 0.2) is 0 Å². The number of carbonyl (C=O) groups is 1. The van der Waals surface area contributed by atoms with E-state index in [1.54, 1.807) is 12.4 Å². The van der Waals surface area contributed by atoms with Crippen LogP contribution in [0.25, 0.3) is 22.2 Å². The first-order valence-corrected chi connectivity index (χ1v) is 18.5. The number of likely N-dealkylation sites (tertiary alicyclic amines) is 1. The van der Waals surface area contributed by atoms with Crippen molar-refractivity contribution >= 4 is 24.9 Å². The maximum atomic E-state index is 12.0. The fourth-order valence-corrected chi connectivity index (χ4v) is 6.54. The Morgan fingerprint density at radius 1 is 1.05 bits per heavy atom. The Morgan fingerprint density at radius 2 is 1.88 bits per heavy atom. The highest BCUT2D eigenvalue weighted by Gasteiger charge is 2.60. The molecule has 1 aromatic carbocycles. The number of carbonyl (C=O) groups excluding carboxylic acids is 1. The molecule has 1 aliphatic heterocycles. The Hall–Kier alpha value is -3.60. The van der Waals surface area contributed by atoms with Gasteiger partial charge in [0.1, 0.15) is 12.5 Å². The minimum absolute atomic E-state index is 0.0266. The predicted molar refractivity (Wildman–Crippen MR) is 164 cm³/mol. The van der Waals surface area contributed by atoms with E-state index < -0.39 is 8.07 Å². The highest BCUT2D eigenvalue weighted by atomic mass is 28.3. The summed E-state index contributed by atoms with van der Waals surface area (Å²) in [6.45, 7) is 13.2. The molecule has 2 fully saturated rings. The molecule has 9 nitrogen and oxygen atoms in total. The molecule has 4 heterocycles. The number of hydrogen-bond donors (Lipinski definition) is 0. The van der Waals surface area contributed by atoms with Crippen LogP contribution in [0.1, 0.15) is 12.6 Å². The van der Waals surface area contributed by atoms with Gasteiger partial charge in [-0.05, 0) is 61.2 Å². The molecule has 4 aromatic rings. The third-order valence-corrected chi connectivity index (χ3v) is 9.82. The van der Waals surface area contributed by atoms with E-state index >= 15 is 0 Å². The Kier molecular flexibility index (Phi) is 8.11. The molecule has 6 rings (SSSR count). The van der Waals surface area contributed by atoms with Crippen molar-refractivity contribution < 1.29 is 19.0 Å². The van der Waals surface area contributed by atoms with Gasteiger partial charge in [-0.25, -0.2) is 9.67 Å². The lowest BCUT2D eigenvalue weighted by molar-refractivity contribution is -0.145. The van der Waals surface area contributed by atoms with Crippen LogP contribution in [-0.4, -0.2) is 65.0 Å². The number of nitrogens with zero attached hydrogens (tertiary/aromatic N) is 5. The summed E-state index contributed by atoms with van der Waals surface area (Å²) in [5, 5.41) is 5.43. The van der Waals surface area contributed by atoms with Gasteiger partial charge < -0.3 is 14.2 Å². The van der Waals surface area contributed by atoms with Crippen molar-refractivity contribution in [1.29, 1.82) is 0 Å². The summed E-state index contributed by atoms with van der Waals surface area (Å²) in [6, 6.07) is 17.0. The van der Waals surface area contributed by atoms with Crippen LogP contribution in [0.4, 0.5) is 0 Å². The van der Waals surface area contributed by atoms with Crippen LogP contribution in [0.5, 0.6) is 11.6 Å². The van der Waals surface area contributed by atoms with E-state index in [-0.39, 0.29) is 11.9 Å². The van der Waals surface area contributed by atoms with Gasteiger partial charge in [0.25, 0.3) is 0 Å². The average Bonchev–Trinajstić information content (AvgIpc) is 3.24. The van der Waals surface area contributed by atoms with E-state index in [1.165, 1.54) is 0 Å². The van der Waals surface area contributed by atoms with Crippen molar-refractivity contribution in [1.82, 2.24) is 24.6 Å². The molecule has 2 aliphatic rings. The zero-order valence-electron chi connectivity index (χ0n) is 24.8. The first-order valence-electron chi connectivity index (χ1n) is 14.8. The highest BCUT2D eigenvalue weighted by Crippen LogP contribution is 2.52. The highest BCUT2D eigenvalue weighted by molar-refractivity contribution is 6.76. The Labute approximate surface area is 247 Å². The topological polar surface area (TPSA) is 91.6 Å². The van der Waals surface area contributed by atoms with Crippen molar-refractivity contribution in [3.8, 4) is 22.9 Å². The molecule has 0 amide bonds. The second-order valence-corrected chi connectivity index (χ2v) is 18.1. The zero-order chi connectivity index (χ0) is 29.3. The smallest absolute Gasteiger partial charge is 0.309 e. The summed E-state index contributed by atoms with van der Waals surface area (Å²) in [6.07, 6.45) is 3.59. The van der Waals surface area contributed by atoms with Gasteiger partial charge in [-0.15, -0.1) is 0 Å². The molecule has 3 aromatic heterocycles. The summed E-state index contributed by atoms with van der Waals surface area (Å²) in [5.41, 5.74) is 3.87. The van der Waals surface area contributed by atoms with Gasteiger partial charge in [-0.2, -0.15) is 5.10 Å². The third kappa shape index (κ3) is 6.56. The molecular weight excluding hydrogens is 546 g/mol. The van der Waals surface area contributed by atoms with E-state index in [2.05, 4.69) is 46.8 Å². The summed E-state index contributed by atoms with van der Waals surface area (Å²) in [5.74, 6) is 2.18. The minimum Gasteiger partial charge on any atom is -0.466 e.